The van der Waals surface area contributed by atoms with E-state index < -0.39 is 17.6 Å². The van der Waals surface area contributed by atoms with Crippen LogP contribution in [0.4, 0.5) is 9.59 Å². The quantitative estimate of drug-likeness (QED) is 0.0751. The first kappa shape index (κ1) is 40.7. The Hall–Kier alpha value is -1.31. The van der Waals surface area contributed by atoms with Crippen molar-refractivity contribution in [2.75, 3.05) is 86.0 Å². The van der Waals surface area contributed by atoms with Gasteiger partial charge in [-0.2, -0.15) is 0 Å². The molecule has 13 nitrogen and oxygen atoms in total. The largest absolute Gasteiger partial charge is 0.500 e. The molecular weight excluding hydrogens is 578 g/mol. The number of carbonyl (C=O) groups is 2. The van der Waals surface area contributed by atoms with E-state index in [0.717, 1.165) is 38.8 Å². The van der Waals surface area contributed by atoms with Crippen molar-refractivity contribution >= 4 is 29.7 Å². The molecule has 0 saturated carbocycles. The molecule has 0 aliphatic heterocycles. The average Bonchev–Trinajstić information content (AvgIpc) is 2.95. The number of urea groups is 2. The molecule has 0 aromatic rings. The molecule has 0 rings (SSSR count). The first-order chi connectivity index (χ1) is 20.3. The van der Waals surface area contributed by atoms with Gasteiger partial charge in [0.25, 0.3) is 0 Å². The molecule has 4 N–H and O–H groups in total. The molecular formula is C27H61N5O8Si2. The van der Waals surface area contributed by atoms with Crippen LogP contribution in [0.25, 0.3) is 0 Å². The van der Waals surface area contributed by atoms with Crippen LogP contribution in [0.3, 0.4) is 0 Å². The SMILES string of the molecule is CCO[Si](CCCNC(=O)NCCCN(C)CCCNC(=O)NCCC[Si](OCC)(OCC)OCC)(OCC)OCC. The molecule has 0 unspecified atom stereocenters. The summed E-state index contributed by atoms with van der Waals surface area (Å²) in [6, 6.07) is 0.991. The molecule has 0 aromatic carbocycles. The van der Waals surface area contributed by atoms with Crippen LogP contribution >= 0.6 is 0 Å². The van der Waals surface area contributed by atoms with Gasteiger partial charge in [0, 0.05) is 77.9 Å². The summed E-state index contributed by atoms with van der Waals surface area (Å²) in [5.74, 6) is 0. The number of nitrogens with zero attached hydrogens (tertiary/aromatic N) is 1. The molecule has 4 amide bonds. The summed E-state index contributed by atoms with van der Waals surface area (Å²) < 4.78 is 35.1. The number of rotatable bonds is 28. The lowest BCUT2D eigenvalue weighted by Gasteiger charge is -2.28. The Labute approximate surface area is 257 Å². The number of hydrogen-bond donors (Lipinski definition) is 4. The number of amides is 4. The summed E-state index contributed by atoms with van der Waals surface area (Å²) in [7, 11) is -3.30. The van der Waals surface area contributed by atoms with Crippen molar-refractivity contribution in [2.24, 2.45) is 0 Å². The fourth-order valence-corrected chi connectivity index (χ4v) is 9.58. The van der Waals surface area contributed by atoms with Gasteiger partial charge in [-0.25, -0.2) is 9.59 Å². The Kier molecular flexibility index (Phi) is 25.3. The summed E-state index contributed by atoms with van der Waals surface area (Å²) in [6.45, 7) is 18.8. The summed E-state index contributed by atoms with van der Waals surface area (Å²) in [6.07, 6.45) is 3.13. The topological polar surface area (TPSA) is 141 Å². The highest BCUT2D eigenvalue weighted by molar-refractivity contribution is 6.61. The first-order valence-electron chi connectivity index (χ1n) is 15.8. The summed E-state index contributed by atoms with van der Waals surface area (Å²) >= 11 is 0. The number of hydrogen-bond acceptors (Lipinski definition) is 9. The number of nitrogens with one attached hydrogen (secondary N) is 4. The van der Waals surface area contributed by atoms with E-state index in [1.165, 1.54) is 0 Å². The van der Waals surface area contributed by atoms with Crippen molar-refractivity contribution in [3.8, 4) is 0 Å². The van der Waals surface area contributed by atoms with Crippen LogP contribution < -0.4 is 21.3 Å². The van der Waals surface area contributed by atoms with Crippen LogP contribution in [-0.4, -0.2) is 121 Å². The van der Waals surface area contributed by atoms with E-state index in [9.17, 15) is 9.59 Å². The van der Waals surface area contributed by atoms with Crippen molar-refractivity contribution in [1.82, 2.24) is 26.2 Å². The summed E-state index contributed by atoms with van der Waals surface area (Å²) in [5.41, 5.74) is 0. The van der Waals surface area contributed by atoms with E-state index in [4.69, 9.17) is 26.6 Å². The molecule has 0 atom stereocenters. The number of carbonyl (C=O) groups excluding carboxylic acids is 2. The van der Waals surface area contributed by atoms with E-state index in [-0.39, 0.29) is 12.1 Å². The van der Waals surface area contributed by atoms with E-state index in [0.29, 0.717) is 77.9 Å². The third-order valence-electron chi connectivity index (χ3n) is 6.08. The van der Waals surface area contributed by atoms with Crippen LogP contribution in [0.2, 0.25) is 12.1 Å². The normalized spacial score (nSPS) is 12.0. The minimum atomic E-state index is -2.67. The standard InChI is InChI=1S/C27H61N5O8Si2/c1-8-35-41(36-9-2,37-10-3)24-16-20-30-26(33)28-18-14-22-32(7)23-15-19-29-27(34)31-21-17-25-42(38-11-4,39-12-5)40-13-6/h8-25H2,1-7H3,(H2,28,30,33)(H2,29,31,34). The molecule has 250 valence electrons. The highest BCUT2D eigenvalue weighted by Crippen LogP contribution is 2.18. The highest BCUT2D eigenvalue weighted by Gasteiger charge is 2.40. The van der Waals surface area contributed by atoms with Crippen LogP contribution in [-0.2, 0) is 26.6 Å². The van der Waals surface area contributed by atoms with Crippen LogP contribution in [0.15, 0.2) is 0 Å². The minimum absolute atomic E-state index is 0.175. The van der Waals surface area contributed by atoms with E-state index in [1.807, 2.05) is 48.6 Å². The van der Waals surface area contributed by atoms with Crippen molar-refractivity contribution in [3.63, 3.8) is 0 Å². The van der Waals surface area contributed by atoms with Crippen LogP contribution in [0.1, 0.15) is 67.2 Å². The fourth-order valence-electron chi connectivity index (χ4n) is 4.35. The zero-order valence-corrected chi connectivity index (χ0v) is 29.4. The summed E-state index contributed by atoms with van der Waals surface area (Å²) in [5, 5.41) is 11.6. The van der Waals surface area contributed by atoms with E-state index in [2.05, 4.69) is 26.2 Å². The summed E-state index contributed by atoms with van der Waals surface area (Å²) in [4.78, 5) is 26.4. The van der Waals surface area contributed by atoms with Crippen LogP contribution in [0.5, 0.6) is 0 Å². The average molecular weight is 640 g/mol. The predicted octanol–water partition coefficient (Wildman–Crippen LogP) is 3.17. The maximum atomic E-state index is 12.1. The first-order valence-corrected chi connectivity index (χ1v) is 19.7. The lowest BCUT2D eigenvalue weighted by atomic mass is 10.3. The van der Waals surface area contributed by atoms with Gasteiger partial charge >= 0.3 is 29.7 Å². The zero-order valence-electron chi connectivity index (χ0n) is 27.4. The molecule has 0 saturated heterocycles. The monoisotopic (exact) mass is 639 g/mol. The van der Waals surface area contributed by atoms with Gasteiger partial charge in [-0.3, -0.25) is 0 Å². The van der Waals surface area contributed by atoms with Gasteiger partial charge < -0.3 is 52.7 Å². The molecule has 15 heteroatoms. The van der Waals surface area contributed by atoms with Gasteiger partial charge in [0.15, 0.2) is 0 Å². The molecule has 0 bridgehead atoms. The van der Waals surface area contributed by atoms with Gasteiger partial charge in [-0.1, -0.05) is 0 Å². The van der Waals surface area contributed by atoms with Crippen LogP contribution in [0, 0.1) is 0 Å². The van der Waals surface area contributed by atoms with Crippen molar-refractivity contribution in [1.29, 1.82) is 0 Å². The van der Waals surface area contributed by atoms with E-state index in [1.54, 1.807) is 0 Å². The smallest absolute Gasteiger partial charge is 0.374 e. The van der Waals surface area contributed by atoms with Crippen molar-refractivity contribution in [3.05, 3.63) is 0 Å². The second kappa shape index (κ2) is 26.1. The maximum Gasteiger partial charge on any atom is 0.500 e. The highest BCUT2D eigenvalue weighted by atomic mass is 28.4. The molecule has 0 aliphatic rings. The van der Waals surface area contributed by atoms with Gasteiger partial charge in [0.05, 0.1) is 0 Å². The molecule has 42 heavy (non-hydrogen) atoms. The Morgan fingerprint density at radius 1 is 0.500 bits per heavy atom. The lowest BCUT2D eigenvalue weighted by molar-refractivity contribution is 0.0700. The zero-order chi connectivity index (χ0) is 31.5. The van der Waals surface area contributed by atoms with Crippen molar-refractivity contribution in [2.45, 2.75) is 79.3 Å². The lowest BCUT2D eigenvalue weighted by Crippen LogP contribution is -2.46. The molecule has 0 radical (unpaired) electrons. The molecule has 0 aromatic heterocycles. The van der Waals surface area contributed by atoms with Gasteiger partial charge in [-0.15, -0.1) is 0 Å². The van der Waals surface area contributed by atoms with Crippen molar-refractivity contribution < 1.29 is 36.1 Å². The van der Waals surface area contributed by atoms with Gasteiger partial charge in [0.2, 0.25) is 0 Å². The molecule has 0 aliphatic carbocycles. The molecule has 0 fully saturated rings. The Morgan fingerprint density at radius 3 is 1.02 bits per heavy atom. The van der Waals surface area contributed by atoms with Gasteiger partial charge in [-0.05, 0) is 87.4 Å². The Morgan fingerprint density at radius 2 is 0.762 bits per heavy atom. The Bertz CT molecular complexity index is 596. The minimum Gasteiger partial charge on any atom is -0.374 e. The predicted molar refractivity (Wildman–Crippen MR) is 170 cm³/mol. The second-order valence-corrected chi connectivity index (χ2v) is 15.0. The molecule has 0 heterocycles. The molecule has 0 spiro atoms. The second-order valence-electron chi connectivity index (χ2n) is 9.55. The Balaban J connectivity index is 3.96. The maximum absolute atomic E-state index is 12.1. The third kappa shape index (κ3) is 19.8. The fraction of sp³-hybridized carbons (Fsp3) is 0.926. The van der Waals surface area contributed by atoms with Gasteiger partial charge in [0.1, 0.15) is 0 Å². The third-order valence-corrected chi connectivity index (χ3v) is 12.4. The van der Waals surface area contributed by atoms with E-state index >= 15 is 0 Å².